The molecule has 2 aromatic carbocycles. The molecule has 0 fully saturated rings. The zero-order valence-corrected chi connectivity index (χ0v) is 18.2. The summed E-state index contributed by atoms with van der Waals surface area (Å²) >= 11 is 0. The van der Waals surface area contributed by atoms with Crippen molar-refractivity contribution in [1.82, 2.24) is 10.6 Å². The standard InChI is InChI=1S/C26H36N2O2/c1-2-3-4-5-6-13-18-25(29)28-24(21-23-16-11-8-12-17-23)26(30)27-20-19-22-14-9-7-10-15-22/h7-12,14-17,24H,2-6,13,18-21H2,1H3,(H,27,30)(H,28,29). The molecule has 0 aliphatic heterocycles. The molecule has 2 N–H and O–H groups in total. The van der Waals surface area contributed by atoms with E-state index in [2.05, 4.69) is 29.7 Å². The molecule has 4 nitrogen and oxygen atoms in total. The largest absolute Gasteiger partial charge is 0.354 e. The quantitative estimate of drug-likeness (QED) is 0.440. The van der Waals surface area contributed by atoms with Crippen LogP contribution in [0.25, 0.3) is 0 Å². The van der Waals surface area contributed by atoms with E-state index in [9.17, 15) is 9.59 Å². The lowest BCUT2D eigenvalue weighted by Gasteiger charge is -2.19. The molecular formula is C26H36N2O2. The molecule has 0 aliphatic rings. The van der Waals surface area contributed by atoms with Crippen LogP contribution in [0.5, 0.6) is 0 Å². The Morgan fingerprint density at radius 1 is 0.800 bits per heavy atom. The van der Waals surface area contributed by atoms with Gasteiger partial charge in [-0.3, -0.25) is 9.59 Å². The Morgan fingerprint density at radius 3 is 2.07 bits per heavy atom. The first-order valence-corrected chi connectivity index (χ1v) is 11.3. The third kappa shape index (κ3) is 9.73. The zero-order valence-electron chi connectivity index (χ0n) is 18.2. The number of nitrogens with one attached hydrogen (secondary N) is 2. The summed E-state index contributed by atoms with van der Waals surface area (Å²) in [6.07, 6.45) is 8.59. The number of carbonyl (C=O) groups excluding carboxylic acids is 2. The van der Waals surface area contributed by atoms with Crippen LogP contribution in [-0.2, 0) is 22.4 Å². The van der Waals surface area contributed by atoms with E-state index in [0.29, 0.717) is 19.4 Å². The zero-order chi connectivity index (χ0) is 21.4. The third-order valence-electron chi connectivity index (χ3n) is 5.25. The average Bonchev–Trinajstić information content (AvgIpc) is 2.77. The van der Waals surface area contributed by atoms with Gasteiger partial charge in [0.25, 0.3) is 0 Å². The summed E-state index contributed by atoms with van der Waals surface area (Å²) in [6.45, 7) is 2.76. The Hall–Kier alpha value is -2.62. The van der Waals surface area contributed by atoms with Crippen molar-refractivity contribution in [2.45, 2.75) is 70.8 Å². The maximum Gasteiger partial charge on any atom is 0.242 e. The fraction of sp³-hybridized carbons (Fsp3) is 0.462. The van der Waals surface area contributed by atoms with Gasteiger partial charge in [-0.25, -0.2) is 0 Å². The van der Waals surface area contributed by atoms with Crippen molar-refractivity contribution in [2.24, 2.45) is 0 Å². The van der Waals surface area contributed by atoms with Gasteiger partial charge in [-0.2, -0.15) is 0 Å². The maximum atomic E-state index is 12.8. The van der Waals surface area contributed by atoms with E-state index in [1.165, 1.54) is 31.2 Å². The lowest BCUT2D eigenvalue weighted by Crippen LogP contribution is -2.48. The number of benzene rings is 2. The molecule has 0 aromatic heterocycles. The van der Waals surface area contributed by atoms with Crippen LogP contribution in [0.3, 0.4) is 0 Å². The number of hydrogen-bond acceptors (Lipinski definition) is 2. The van der Waals surface area contributed by atoms with E-state index in [1.807, 2.05) is 48.5 Å². The highest BCUT2D eigenvalue weighted by atomic mass is 16.2. The van der Waals surface area contributed by atoms with Gasteiger partial charge in [-0.15, -0.1) is 0 Å². The van der Waals surface area contributed by atoms with Crippen LogP contribution in [-0.4, -0.2) is 24.4 Å². The summed E-state index contributed by atoms with van der Waals surface area (Å²) in [5, 5.41) is 5.96. The number of amides is 2. The first-order chi connectivity index (χ1) is 14.7. The highest BCUT2D eigenvalue weighted by Crippen LogP contribution is 2.08. The summed E-state index contributed by atoms with van der Waals surface area (Å²) in [4.78, 5) is 25.2. The number of hydrogen-bond donors (Lipinski definition) is 2. The van der Waals surface area contributed by atoms with E-state index in [1.54, 1.807) is 0 Å². The lowest BCUT2D eigenvalue weighted by molar-refractivity contribution is -0.129. The second kappa shape index (κ2) is 14.4. The molecule has 4 heteroatoms. The van der Waals surface area contributed by atoms with Crippen molar-refractivity contribution < 1.29 is 9.59 Å². The molecule has 0 saturated heterocycles. The van der Waals surface area contributed by atoms with Gasteiger partial charge in [0.2, 0.25) is 11.8 Å². The number of carbonyl (C=O) groups is 2. The molecule has 0 spiro atoms. The molecular weight excluding hydrogens is 372 g/mol. The maximum absolute atomic E-state index is 12.8. The fourth-order valence-corrected chi connectivity index (χ4v) is 3.49. The smallest absolute Gasteiger partial charge is 0.242 e. The second-order valence-electron chi connectivity index (χ2n) is 7.85. The Morgan fingerprint density at radius 2 is 1.40 bits per heavy atom. The minimum Gasteiger partial charge on any atom is -0.354 e. The van der Waals surface area contributed by atoms with Crippen LogP contribution in [0.1, 0.15) is 63.0 Å². The lowest BCUT2D eigenvalue weighted by atomic mass is 10.0. The molecule has 1 unspecified atom stereocenters. The monoisotopic (exact) mass is 408 g/mol. The van der Waals surface area contributed by atoms with Gasteiger partial charge in [0.1, 0.15) is 6.04 Å². The Labute approximate surface area is 181 Å². The fourth-order valence-electron chi connectivity index (χ4n) is 3.49. The summed E-state index contributed by atoms with van der Waals surface area (Å²) in [5.74, 6) is -0.157. The predicted molar refractivity (Wildman–Crippen MR) is 123 cm³/mol. The topological polar surface area (TPSA) is 58.2 Å². The molecule has 0 aliphatic carbocycles. The molecule has 1 atom stereocenters. The summed E-state index contributed by atoms with van der Waals surface area (Å²) in [5.41, 5.74) is 2.23. The Bertz CT molecular complexity index is 731. The van der Waals surface area contributed by atoms with Gasteiger partial charge in [0.15, 0.2) is 0 Å². The van der Waals surface area contributed by atoms with Gasteiger partial charge in [-0.1, -0.05) is 99.7 Å². The predicted octanol–water partition coefficient (Wildman–Crippen LogP) is 4.82. The van der Waals surface area contributed by atoms with E-state index in [4.69, 9.17) is 0 Å². The van der Waals surface area contributed by atoms with Gasteiger partial charge in [-0.05, 0) is 24.0 Å². The Kier molecular flexibility index (Phi) is 11.3. The van der Waals surface area contributed by atoms with Crippen LogP contribution in [0.2, 0.25) is 0 Å². The van der Waals surface area contributed by atoms with Crippen molar-refractivity contribution in [1.29, 1.82) is 0 Å². The molecule has 0 radical (unpaired) electrons. The third-order valence-corrected chi connectivity index (χ3v) is 5.25. The average molecular weight is 409 g/mol. The van der Waals surface area contributed by atoms with Crippen LogP contribution < -0.4 is 10.6 Å². The molecule has 2 aromatic rings. The minimum absolute atomic E-state index is 0.0374. The molecule has 0 saturated carbocycles. The highest BCUT2D eigenvalue weighted by molar-refractivity contribution is 5.87. The van der Waals surface area contributed by atoms with Crippen LogP contribution in [0, 0.1) is 0 Å². The molecule has 162 valence electrons. The molecule has 2 rings (SSSR count). The van der Waals surface area contributed by atoms with Crippen molar-refractivity contribution in [2.75, 3.05) is 6.54 Å². The normalized spacial score (nSPS) is 11.6. The van der Waals surface area contributed by atoms with Crippen LogP contribution in [0.4, 0.5) is 0 Å². The van der Waals surface area contributed by atoms with Crippen LogP contribution in [0.15, 0.2) is 60.7 Å². The first-order valence-electron chi connectivity index (χ1n) is 11.3. The second-order valence-corrected chi connectivity index (χ2v) is 7.85. The van der Waals surface area contributed by atoms with Crippen LogP contribution >= 0.6 is 0 Å². The summed E-state index contributed by atoms with van der Waals surface area (Å²) in [7, 11) is 0. The number of unbranched alkanes of at least 4 members (excludes halogenated alkanes) is 5. The highest BCUT2D eigenvalue weighted by Gasteiger charge is 2.20. The molecule has 0 bridgehead atoms. The molecule has 30 heavy (non-hydrogen) atoms. The van der Waals surface area contributed by atoms with Gasteiger partial charge in [0.05, 0.1) is 0 Å². The Balaban J connectivity index is 1.83. The van der Waals surface area contributed by atoms with Gasteiger partial charge in [0, 0.05) is 19.4 Å². The SMILES string of the molecule is CCCCCCCCC(=O)NC(Cc1ccccc1)C(=O)NCCc1ccccc1. The molecule has 0 heterocycles. The first kappa shape index (κ1) is 23.7. The van der Waals surface area contributed by atoms with Crippen molar-refractivity contribution in [3.63, 3.8) is 0 Å². The van der Waals surface area contributed by atoms with Crippen molar-refractivity contribution >= 4 is 11.8 Å². The van der Waals surface area contributed by atoms with E-state index < -0.39 is 6.04 Å². The van der Waals surface area contributed by atoms with E-state index in [0.717, 1.165) is 24.8 Å². The minimum atomic E-state index is -0.546. The number of rotatable bonds is 14. The molecule has 2 amide bonds. The van der Waals surface area contributed by atoms with Crippen molar-refractivity contribution in [3.05, 3.63) is 71.8 Å². The van der Waals surface area contributed by atoms with E-state index in [-0.39, 0.29) is 11.8 Å². The van der Waals surface area contributed by atoms with Gasteiger partial charge >= 0.3 is 0 Å². The summed E-state index contributed by atoms with van der Waals surface area (Å²) in [6, 6.07) is 19.4. The van der Waals surface area contributed by atoms with E-state index >= 15 is 0 Å². The van der Waals surface area contributed by atoms with Crippen molar-refractivity contribution in [3.8, 4) is 0 Å². The summed E-state index contributed by atoms with van der Waals surface area (Å²) < 4.78 is 0. The van der Waals surface area contributed by atoms with Gasteiger partial charge < -0.3 is 10.6 Å².